The predicted molar refractivity (Wildman–Crippen MR) is 349 cm³/mol. The first-order valence-electron chi connectivity index (χ1n) is 34.5. The summed E-state index contributed by atoms with van der Waals surface area (Å²) in [6.45, 7) is -0.327. The van der Waals surface area contributed by atoms with Crippen molar-refractivity contribution >= 4 is 5.97 Å². The second kappa shape index (κ2) is 41.6. The second-order valence-corrected chi connectivity index (χ2v) is 25.8. The molecular weight excluding hydrogens is 1390 g/mol. The Balaban J connectivity index is 0.906. The van der Waals surface area contributed by atoms with Crippen LogP contribution in [0.1, 0.15) is 10.4 Å². The van der Waals surface area contributed by atoms with E-state index >= 15 is 0 Å². The molecule has 36 nitrogen and oxygen atoms in total. The SMILES string of the molecule is COCC1O[C@@H](O[C@@H]2C(COC)O[C@@H](O[C@@H]3C(COC)O[C@@H](O[C@H]4C(OC)C(OC)[C@@H]5OC[C@@H]4O5)C(OC)[C@H]3OC)C(OC)[C@H]2OC)C(OC)C(OC)[C@@H]1O[C@H]1OC(COC)[C@@H](O[C@@H]2OC(COC)[C@@H](OC3OC(COC(=O)c4ccccc4)[C@@H](O)[C@H](OC)[C@@H]3OC)[C@H](OC)C2OC)C(OC)C1OC. The molecule has 0 spiro atoms. The minimum absolute atomic E-state index is 0.0212. The predicted octanol–water partition coefficient (Wildman–Crippen LogP) is -0.938. The molecule has 0 aromatic heterocycles. The molecule has 8 saturated heterocycles. The number of aliphatic hydroxyl groups is 1. The molecule has 1 N–H and O–H groups in total. The van der Waals surface area contributed by atoms with Gasteiger partial charge in [0, 0.05) is 135 Å². The van der Waals surface area contributed by atoms with Gasteiger partial charge in [0.15, 0.2) is 44.0 Å². The van der Waals surface area contributed by atoms with E-state index in [-0.39, 0.29) is 46.2 Å². The highest BCUT2D eigenvalue weighted by molar-refractivity contribution is 5.89. The van der Waals surface area contributed by atoms with Gasteiger partial charge in [0.2, 0.25) is 0 Å². The van der Waals surface area contributed by atoms with Crippen LogP contribution in [-0.4, -0.2) is 407 Å². The summed E-state index contributed by atoms with van der Waals surface area (Å²) in [7, 11) is 28.4. The summed E-state index contributed by atoms with van der Waals surface area (Å²) < 4.78 is 214. The number of aliphatic hydroxyl groups excluding tert-OH is 1. The number of hydrogen-bond donors (Lipinski definition) is 1. The topological polar surface area (TPSA) is 351 Å². The molecule has 0 amide bonds. The molecule has 8 aliphatic rings. The Bertz CT molecular complexity index is 2600. The van der Waals surface area contributed by atoms with E-state index in [4.69, 9.17) is 161 Å². The van der Waals surface area contributed by atoms with Gasteiger partial charge in [-0.2, -0.15) is 0 Å². The van der Waals surface area contributed by atoms with E-state index in [1.807, 2.05) is 0 Å². The van der Waals surface area contributed by atoms with Crippen LogP contribution in [0.15, 0.2) is 30.3 Å². The highest BCUT2D eigenvalue weighted by Gasteiger charge is 2.62. The molecular formula is C68H112O36. The minimum atomic E-state index is -1.31. The fourth-order valence-electron chi connectivity index (χ4n) is 15.3. The lowest BCUT2D eigenvalue weighted by molar-refractivity contribution is -0.403. The van der Waals surface area contributed by atoms with Crippen molar-refractivity contribution in [1.29, 1.82) is 0 Å². The summed E-state index contributed by atoms with van der Waals surface area (Å²) in [5.41, 5.74) is 0.309. The van der Waals surface area contributed by atoms with Crippen molar-refractivity contribution in [2.24, 2.45) is 0 Å². The van der Waals surface area contributed by atoms with Gasteiger partial charge in [0.25, 0.3) is 0 Å². The fraction of sp³-hybridized carbons (Fsp3) is 0.897. The Hall–Kier alpha value is -2.67. The van der Waals surface area contributed by atoms with Crippen molar-refractivity contribution in [3.8, 4) is 0 Å². The van der Waals surface area contributed by atoms with E-state index in [2.05, 4.69) is 0 Å². The number of ether oxygens (including phenoxy) is 34. The normalized spacial score (nSPS) is 43.4. The minimum Gasteiger partial charge on any atom is -0.459 e. The van der Waals surface area contributed by atoms with Crippen molar-refractivity contribution in [2.75, 3.05) is 181 Å². The molecule has 8 heterocycles. The molecule has 9 rings (SSSR count). The maximum atomic E-state index is 13.1. The van der Waals surface area contributed by atoms with Gasteiger partial charge in [-0.15, -0.1) is 0 Å². The van der Waals surface area contributed by atoms with E-state index in [1.54, 1.807) is 44.6 Å². The summed E-state index contributed by atoms with van der Waals surface area (Å²) in [5, 5.41) is 11.5. The number of methoxy groups -OCH3 is 19. The van der Waals surface area contributed by atoms with E-state index in [1.165, 1.54) is 121 Å². The first kappa shape index (κ1) is 85.3. The summed E-state index contributed by atoms with van der Waals surface area (Å²) in [6.07, 6.45) is -34.2. The highest BCUT2D eigenvalue weighted by atomic mass is 16.8. The number of esters is 1. The summed E-state index contributed by atoms with van der Waals surface area (Å²) in [5.74, 6) is -0.624. The number of benzene rings is 1. The van der Waals surface area contributed by atoms with Crippen molar-refractivity contribution < 1.29 is 171 Å². The van der Waals surface area contributed by atoms with Crippen LogP contribution in [0.4, 0.5) is 0 Å². The van der Waals surface area contributed by atoms with Crippen LogP contribution in [0.2, 0.25) is 0 Å². The Morgan fingerprint density at radius 1 is 0.308 bits per heavy atom. The third kappa shape index (κ3) is 18.7. The lowest BCUT2D eigenvalue weighted by Crippen LogP contribution is -2.69. The number of fused-ring (bicyclic) bond motifs is 2. The fourth-order valence-corrected chi connectivity index (χ4v) is 15.3. The van der Waals surface area contributed by atoms with Crippen LogP contribution >= 0.6 is 0 Å². The van der Waals surface area contributed by atoms with Crippen LogP contribution in [0.25, 0.3) is 0 Å². The van der Waals surface area contributed by atoms with Gasteiger partial charge in [0.1, 0.15) is 178 Å². The molecule has 8 aliphatic heterocycles. The molecule has 600 valence electrons. The zero-order valence-electron chi connectivity index (χ0n) is 62.8. The standard InChI is InChI=1S/C68H112O36/c1-71-25-34-41(99-63-54(83-13)47(76-6)40(69)33(92-63)30-90-61(70)32-23-21-20-22-24-32)49(78-8)56(85-15)64(94-34)100-42-35(26-72-2)95-65(57(86-16)50(42)79-9)101-43-36(27-73-3)96-66(58(87-17)51(43)80-10)102-44-37(28-74-4)97-67(59(88-18)52(44)81-11)103-45-38(29-75-5)98-68(60(89-19)53(45)82-12)104-46-39-31-91-62(93-39)55(84-14)48(46)77-7/h20-24,33-60,62-69H,25-31H2,1-19H3/t33?,34?,35?,36?,37?,38?,39-,40+,41+,42+,43+,44+,45+,46+,47-,48?,49-,50?,51?,52-,53-,54-,55?,56?,57?,58?,59?,60?,62+,63?,64-,65+,66-,67-,68-/m0/s1. The summed E-state index contributed by atoms with van der Waals surface area (Å²) in [4.78, 5) is 13.1. The average Bonchev–Trinajstić information content (AvgIpc) is 1.18. The van der Waals surface area contributed by atoms with Gasteiger partial charge in [0.05, 0.1) is 45.2 Å². The van der Waals surface area contributed by atoms with Crippen LogP contribution < -0.4 is 0 Å². The summed E-state index contributed by atoms with van der Waals surface area (Å²) in [6, 6.07) is 8.41. The molecule has 2 bridgehead atoms. The Morgan fingerprint density at radius 3 is 0.846 bits per heavy atom. The smallest absolute Gasteiger partial charge is 0.338 e. The van der Waals surface area contributed by atoms with E-state index in [9.17, 15) is 9.90 Å². The molecule has 1 aromatic carbocycles. The lowest BCUT2D eigenvalue weighted by Gasteiger charge is -2.52. The van der Waals surface area contributed by atoms with Gasteiger partial charge >= 0.3 is 5.97 Å². The molecule has 16 unspecified atom stereocenters. The molecule has 0 radical (unpaired) electrons. The molecule has 104 heavy (non-hydrogen) atoms. The molecule has 1 aromatic rings. The Labute approximate surface area is 607 Å². The van der Waals surface area contributed by atoms with Crippen LogP contribution in [0.3, 0.4) is 0 Å². The average molecular weight is 1510 g/mol. The molecule has 35 atom stereocenters. The van der Waals surface area contributed by atoms with Crippen LogP contribution in [0.5, 0.6) is 0 Å². The van der Waals surface area contributed by atoms with Gasteiger partial charge in [-0.3, -0.25) is 0 Å². The van der Waals surface area contributed by atoms with Crippen LogP contribution in [-0.2, 0) is 161 Å². The lowest BCUT2D eigenvalue weighted by atomic mass is 9.94. The van der Waals surface area contributed by atoms with Crippen molar-refractivity contribution in [3.63, 3.8) is 0 Å². The van der Waals surface area contributed by atoms with E-state index in [0.29, 0.717) is 5.56 Å². The zero-order chi connectivity index (χ0) is 74.9. The van der Waals surface area contributed by atoms with Crippen LogP contribution in [0, 0.1) is 0 Å². The maximum absolute atomic E-state index is 13.1. The van der Waals surface area contributed by atoms with Gasteiger partial charge < -0.3 is 166 Å². The molecule has 0 aliphatic carbocycles. The van der Waals surface area contributed by atoms with Gasteiger partial charge in [-0.05, 0) is 12.1 Å². The number of carbonyl (C=O) groups is 1. The highest BCUT2D eigenvalue weighted by Crippen LogP contribution is 2.43. The Kier molecular flexibility index (Phi) is 34.1. The molecule has 36 heteroatoms. The number of rotatable bonds is 39. The zero-order valence-corrected chi connectivity index (χ0v) is 62.8. The molecule has 8 fully saturated rings. The number of carbonyl (C=O) groups excluding carboxylic acids is 1. The van der Waals surface area contributed by atoms with Gasteiger partial charge in [-0.1, -0.05) is 18.2 Å². The number of hydrogen-bond acceptors (Lipinski definition) is 36. The Morgan fingerprint density at radius 2 is 0.567 bits per heavy atom. The van der Waals surface area contributed by atoms with Crippen molar-refractivity contribution in [1.82, 2.24) is 0 Å². The maximum Gasteiger partial charge on any atom is 0.338 e. The van der Waals surface area contributed by atoms with Crippen molar-refractivity contribution in [3.05, 3.63) is 35.9 Å². The van der Waals surface area contributed by atoms with Gasteiger partial charge in [-0.25, -0.2) is 4.79 Å². The first-order chi connectivity index (χ1) is 50.6. The molecule has 0 saturated carbocycles. The largest absolute Gasteiger partial charge is 0.459 e. The summed E-state index contributed by atoms with van der Waals surface area (Å²) >= 11 is 0. The monoisotopic (exact) mass is 1500 g/mol. The van der Waals surface area contributed by atoms with E-state index < -0.39 is 221 Å². The van der Waals surface area contributed by atoms with E-state index in [0.717, 1.165) is 0 Å². The quantitative estimate of drug-likeness (QED) is 0.0778. The second-order valence-electron chi connectivity index (χ2n) is 25.8. The van der Waals surface area contributed by atoms with Crippen molar-refractivity contribution in [2.45, 2.75) is 215 Å². The first-order valence-corrected chi connectivity index (χ1v) is 34.5. The third-order valence-electron chi connectivity index (χ3n) is 20.2. The third-order valence-corrected chi connectivity index (χ3v) is 20.2.